The highest BCUT2D eigenvalue weighted by atomic mass is 15.3. The molecule has 3 nitrogen and oxygen atoms in total. The molecule has 0 fully saturated rings. The third-order valence-electron chi connectivity index (χ3n) is 3.87. The van der Waals surface area contributed by atoms with Crippen LogP contribution in [0, 0.1) is 13.8 Å². The number of benzene rings is 2. The highest BCUT2D eigenvalue weighted by molar-refractivity contribution is 6.06. The van der Waals surface area contributed by atoms with Gasteiger partial charge < -0.3 is 0 Å². The van der Waals surface area contributed by atoms with Gasteiger partial charge in [0.25, 0.3) is 0 Å². The molecule has 0 saturated carbocycles. The largest absolute Gasteiger partial charge is 0.252 e. The quantitative estimate of drug-likeness (QED) is 0.520. The van der Waals surface area contributed by atoms with Crippen LogP contribution in [-0.2, 0) is 0 Å². The van der Waals surface area contributed by atoms with Crippen molar-refractivity contribution >= 4 is 21.8 Å². The minimum atomic E-state index is 1.01. The van der Waals surface area contributed by atoms with E-state index in [1.165, 1.54) is 0 Å². The molecule has 0 radical (unpaired) electrons. The van der Waals surface area contributed by atoms with Crippen molar-refractivity contribution in [1.29, 1.82) is 0 Å². The zero-order valence-electron chi connectivity index (χ0n) is 12.0. The van der Waals surface area contributed by atoms with Gasteiger partial charge in [0, 0.05) is 16.5 Å². The van der Waals surface area contributed by atoms with Crippen molar-refractivity contribution < 1.29 is 0 Å². The summed E-state index contributed by atoms with van der Waals surface area (Å²) < 4.78 is 2.03. The SMILES string of the molecule is Cc1nc2ccccc2c2c1c(C)nn2-c1ccccc1. The van der Waals surface area contributed by atoms with Gasteiger partial charge in [0.05, 0.1) is 22.4 Å². The van der Waals surface area contributed by atoms with Crippen LogP contribution in [-0.4, -0.2) is 14.8 Å². The fourth-order valence-corrected chi connectivity index (χ4v) is 2.97. The molecule has 2 aromatic carbocycles. The van der Waals surface area contributed by atoms with E-state index in [0.717, 1.165) is 38.9 Å². The van der Waals surface area contributed by atoms with Gasteiger partial charge in [-0.1, -0.05) is 36.4 Å². The van der Waals surface area contributed by atoms with Crippen molar-refractivity contribution in [2.75, 3.05) is 0 Å². The van der Waals surface area contributed by atoms with Crippen LogP contribution in [0.1, 0.15) is 11.4 Å². The average Bonchev–Trinajstić information content (AvgIpc) is 2.87. The van der Waals surface area contributed by atoms with Gasteiger partial charge in [-0.05, 0) is 32.0 Å². The molecular formula is C18H15N3. The van der Waals surface area contributed by atoms with E-state index < -0.39 is 0 Å². The third kappa shape index (κ3) is 1.74. The van der Waals surface area contributed by atoms with Crippen molar-refractivity contribution in [2.45, 2.75) is 13.8 Å². The van der Waals surface area contributed by atoms with Gasteiger partial charge in [-0.15, -0.1) is 0 Å². The number of hydrogen-bond donors (Lipinski definition) is 0. The Kier molecular flexibility index (Phi) is 2.54. The molecule has 2 aromatic heterocycles. The molecule has 0 atom stereocenters. The highest BCUT2D eigenvalue weighted by Crippen LogP contribution is 2.30. The highest BCUT2D eigenvalue weighted by Gasteiger charge is 2.15. The minimum Gasteiger partial charge on any atom is -0.252 e. The second-order valence-corrected chi connectivity index (χ2v) is 5.27. The molecule has 4 aromatic rings. The summed E-state index contributed by atoms with van der Waals surface area (Å²) >= 11 is 0. The average molecular weight is 273 g/mol. The number of aryl methyl sites for hydroxylation is 2. The monoisotopic (exact) mass is 273 g/mol. The maximum atomic E-state index is 4.75. The Morgan fingerprint density at radius 2 is 1.52 bits per heavy atom. The van der Waals surface area contributed by atoms with Crippen LogP contribution in [0.2, 0.25) is 0 Å². The molecular weight excluding hydrogens is 258 g/mol. The number of nitrogens with zero attached hydrogens (tertiary/aromatic N) is 3. The smallest absolute Gasteiger partial charge is 0.0856 e. The first-order valence-corrected chi connectivity index (χ1v) is 7.06. The van der Waals surface area contributed by atoms with Crippen LogP contribution in [0.3, 0.4) is 0 Å². The van der Waals surface area contributed by atoms with Crippen LogP contribution >= 0.6 is 0 Å². The predicted molar refractivity (Wildman–Crippen MR) is 85.8 cm³/mol. The maximum Gasteiger partial charge on any atom is 0.0856 e. The summed E-state index contributed by atoms with van der Waals surface area (Å²) in [4.78, 5) is 4.72. The van der Waals surface area contributed by atoms with Gasteiger partial charge in [-0.2, -0.15) is 5.10 Å². The van der Waals surface area contributed by atoms with E-state index in [0.29, 0.717) is 0 Å². The Balaban J connectivity index is 2.23. The van der Waals surface area contributed by atoms with Gasteiger partial charge in [0.1, 0.15) is 0 Å². The van der Waals surface area contributed by atoms with Crippen LogP contribution < -0.4 is 0 Å². The standard InChI is InChI=1S/C18H15N3/c1-12-17-13(2)20-21(14-8-4-3-5-9-14)18(17)15-10-6-7-11-16(15)19-12/h3-11H,1-2H3. The Bertz CT molecular complexity index is 952. The van der Waals surface area contributed by atoms with E-state index in [1.807, 2.05) is 35.9 Å². The fraction of sp³-hybridized carbons (Fsp3) is 0.111. The van der Waals surface area contributed by atoms with E-state index in [9.17, 15) is 0 Å². The molecule has 0 unspecified atom stereocenters. The molecule has 0 bridgehead atoms. The maximum absolute atomic E-state index is 4.75. The zero-order chi connectivity index (χ0) is 14.4. The van der Waals surface area contributed by atoms with Gasteiger partial charge >= 0.3 is 0 Å². The minimum absolute atomic E-state index is 1.01. The van der Waals surface area contributed by atoms with E-state index in [4.69, 9.17) is 10.1 Å². The molecule has 0 aliphatic heterocycles. The summed E-state index contributed by atoms with van der Waals surface area (Å²) in [6.45, 7) is 4.10. The molecule has 102 valence electrons. The molecule has 2 heterocycles. The number of fused-ring (bicyclic) bond motifs is 3. The lowest BCUT2D eigenvalue weighted by molar-refractivity contribution is 0.891. The van der Waals surface area contributed by atoms with E-state index in [-0.39, 0.29) is 0 Å². The summed E-state index contributed by atoms with van der Waals surface area (Å²) in [5.74, 6) is 0. The summed E-state index contributed by atoms with van der Waals surface area (Å²) in [5, 5.41) is 7.04. The van der Waals surface area contributed by atoms with E-state index in [1.54, 1.807) is 0 Å². The molecule has 0 aliphatic carbocycles. The Morgan fingerprint density at radius 3 is 2.33 bits per heavy atom. The molecule has 0 saturated heterocycles. The second-order valence-electron chi connectivity index (χ2n) is 5.27. The van der Waals surface area contributed by atoms with Crippen molar-refractivity contribution in [2.24, 2.45) is 0 Å². The van der Waals surface area contributed by atoms with Crippen molar-refractivity contribution in [3.05, 3.63) is 66.0 Å². The van der Waals surface area contributed by atoms with Crippen LogP contribution in [0.25, 0.3) is 27.5 Å². The van der Waals surface area contributed by atoms with E-state index in [2.05, 4.69) is 37.3 Å². The second kappa shape index (κ2) is 4.42. The Hall–Kier alpha value is -2.68. The molecule has 0 aliphatic rings. The van der Waals surface area contributed by atoms with Crippen molar-refractivity contribution in [3.8, 4) is 5.69 Å². The number of pyridine rings is 1. The molecule has 21 heavy (non-hydrogen) atoms. The van der Waals surface area contributed by atoms with Gasteiger partial charge in [-0.3, -0.25) is 4.98 Å². The summed E-state index contributed by atoms with van der Waals surface area (Å²) in [7, 11) is 0. The van der Waals surface area contributed by atoms with Crippen LogP contribution in [0.15, 0.2) is 54.6 Å². The summed E-state index contributed by atoms with van der Waals surface area (Å²) in [6, 6.07) is 18.5. The topological polar surface area (TPSA) is 30.7 Å². The molecule has 0 amide bonds. The fourth-order valence-electron chi connectivity index (χ4n) is 2.97. The van der Waals surface area contributed by atoms with E-state index >= 15 is 0 Å². The number of hydrogen-bond acceptors (Lipinski definition) is 2. The van der Waals surface area contributed by atoms with Gasteiger partial charge in [-0.25, -0.2) is 4.68 Å². The summed E-state index contributed by atoms with van der Waals surface area (Å²) in [5.41, 5.74) is 5.28. The van der Waals surface area contributed by atoms with Crippen molar-refractivity contribution in [1.82, 2.24) is 14.8 Å². The predicted octanol–water partition coefficient (Wildman–Crippen LogP) is 4.19. The van der Waals surface area contributed by atoms with Gasteiger partial charge in [0.15, 0.2) is 0 Å². The molecule has 3 heteroatoms. The number of para-hydroxylation sites is 2. The van der Waals surface area contributed by atoms with Crippen LogP contribution in [0.4, 0.5) is 0 Å². The lowest BCUT2D eigenvalue weighted by atomic mass is 10.1. The lowest BCUT2D eigenvalue weighted by Crippen LogP contribution is -1.97. The molecule has 0 N–H and O–H groups in total. The molecule has 4 rings (SSSR count). The van der Waals surface area contributed by atoms with Crippen LogP contribution in [0.5, 0.6) is 0 Å². The Morgan fingerprint density at radius 1 is 0.810 bits per heavy atom. The number of aromatic nitrogens is 3. The zero-order valence-corrected chi connectivity index (χ0v) is 12.0. The number of rotatable bonds is 1. The molecule has 0 spiro atoms. The first-order chi connectivity index (χ1) is 10.3. The first kappa shape index (κ1) is 12.1. The van der Waals surface area contributed by atoms with Crippen molar-refractivity contribution in [3.63, 3.8) is 0 Å². The third-order valence-corrected chi connectivity index (χ3v) is 3.87. The summed E-state index contributed by atoms with van der Waals surface area (Å²) in [6.07, 6.45) is 0. The lowest BCUT2D eigenvalue weighted by Gasteiger charge is -2.07. The first-order valence-electron chi connectivity index (χ1n) is 7.06. The normalized spacial score (nSPS) is 11.3. The van der Waals surface area contributed by atoms with Gasteiger partial charge in [0.2, 0.25) is 0 Å². The Labute approximate surface area is 122 Å².